The molecule has 8 nitrogen and oxygen atoms in total. The number of unbranched alkanes of at least 4 members (excludes halogenated alkanes) is 1. The van der Waals surface area contributed by atoms with Gasteiger partial charge in [-0.25, -0.2) is 4.98 Å². The second-order valence-corrected chi connectivity index (χ2v) is 7.84. The minimum atomic E-state index is -4.79. The molecular formula is C22H20ClF3N6O2. The number of carbonyl (C=O) groups excluding carboxylic acids is 1. The molecule has 0 fully saturated rings. The number of rotatable bonds is 8. The average Bonchev–Trinajstić information content (AvgIpc) is 3.17. The highest BCUT2D eigenvalue weighted by Crippen LogP contribution is 2.28. The Hall–Kier alpha value is -3.60. The fourth-order valence-corrected chi connectivity index (χ4v) is 3.69. The monoisotopic (exact) mass is 492 g/mol. The van der Waals surface area contributed by atoms with Gasteiger partial charge < -0.3 is 15.4 Å². The number of anilines is 1. The largest absolute Gasteiger partial charge is 0.573 e. The second-order valence-electron chi connectivity index (χ2n) is 7.43. The van der Waals surface area contributed by atoms with Crippen molar-refractivity contribution in [3.05, 3.63) is 58.9 Å². The number of carbonyl (C=O) groups is 1. The van der Waals surface area contributed by atoms with E-state index in [1.807, 2.05) is 0 Å². The molecule has 12 heteroatoms. The van der Waals surface area contributed by atoms with E-state index in [2.05, 4.69) is 30.6 Å². The van der Waals surface area contributed by atoms with E-state index in [0.29, 0.717) is 58.4 Å². The molecule has 34 heavy (non-hydrogen) atoms. The molecule has 0 saturated heterocycles. The Morgan fingerprint density at radius 3 is 2.65 bits per heavy atom. The lowest BCUT2D eigenvalue weighted by Crippen LogP contribution is -2.25. The first-order valence-corrected chi connectivity index (χ1v) is 10.8. The highest BCUT2D eigenvalue weighted by atomic mass is 35.5. The SMILES string of the molecule is Cc1nnc2c(NCCCCNC(=O)c3ccccc3Cl)nc3ccc(OC(F)(F)F)cc3n12. The number of nitrogens with zero attached hydrogens (tertiary/aromatic N) is 4. The molecule has 0 saturated carbocycles. The van der Waals surface area contributed by atoms with Crippen LogP contribution < -0.4 is 15.4 Å². The molecule has 0 aliphatic carbocycles. The summed E-state index contributed by atoms with van der Waals surface area (Å²) in [5.74, 6) is 0.370. The number of aromatic nitrogens is 4. The van der Waals surface area contributed by atoms with Crippen LogP contribution in [-0.4, -0.2) is 44.9 Å². The first kappa shape index (κ1) is 23.6. The lowest BCUT2D eigenvalue weighted by Gasteiger charge is -2.12. The zero-order valence-corrected chi connectivity index (χ0v) is 18.7. The third kappa shape index (κ3) is 5.30. The molecule has 2 heterocycles. The van der Waals surface area contributed by atoms with Gasteiger partial charge in [-0.3, -0.25) is 9.20 Å². The highest BCUT2D eigenvalue weighted by molar-refractivity contribution is 6.33. The normalized spacial score (nSPS) is 11.7. The van der Waals surface area contributed by atoms with Gasteiger partial charge in [0.15, 0.2) is 5.82 Å². The van der Waals surface area contributed by atoms with E-state index in [0.717, 1.165) is 6.42 Å². The zero-order valence-electron chi connectivity index (χ0n) is 18.0. The maximum absolute atomic E-state index is 12.6. The van der Waals surface area contributed by atoms with Crippen LogP contribution >= 0.6 is 11.6 Å². The molecule has 0 spiro atoms. The molecule has 1 amide bonds. The Labute approximate surface area is 197 Å². The Morgan fingerprint density at radius 2 is 1.88 bits per heavy atom. The number of hydrogen-bond acceptors (Lipinski definition) is 6. The van der Waals surface area contributed by atoms with Crippen LogP contribution in [0.4, 0.5) is 19.0 Å². The Kier molecular flexibility index (Phi) is 6.73. The number of fused-ring (bicyclic) bond motifs is 3. The fourth-order valence-electron chi connectivity index (χ4n) is 3.47. The lowest BCUT2D eigenvalue weighted by atomic mass is 10.2. The van der Waals surface area contributed by atoms with Gasteiger partial charge >= 0.3 is 6.36 Å². The molecule has 4 aromatic rings. The summed E-state index contributed by atoms with van der Waals surface area (Å²) in [6, 6.07) is 10.7. The number of benzene rings is 2. The summed E-state index contributed by atoms with van der Waals surface area (Å²) >= 11 is 6.03. The van der Waals surface area contributed by atoms with Gasteiger partial charge in [-0.2, -0.15) is 0 Å². The summed E-state index contributed by atoms with van der Waals surface area (Å²) in [5.41, 5.74) is 1.67. The lowest BCUT2D eigenvalue weighted by molar-refractivity contribution is -0.274. The van der Waals surface area contributed by atoms with Gasteiger partial charge in [0.25, 0.3) is 5.91 Å². The van der Waals surface area contributed by atoms with Crippen molar-refractivity contribution in [2.24, 2.45) is 0 Å². The zero-order chi connectivity index (χ0) is 24.3. The van der Waals surface area contributed by atoms with Crippen molar-refractivity contribution >= 4 is 40.0 Å². The second kappa shape index (κ2) is 9.72. The molecule has 0 atom stereocenters. The Bertz CT molecular complexity index is 1340. The first-order valence-electron chi connectivity index (χ1n) is 10.4. The number of ether oxygens (including phenoxy) is 1. The maximum atomic E-state index is 12.6. The number of aryl methyl sites for hydroxylation is 1. The van der Waals surface area contributed by atoms with E-state index in [1.165, 1.54) is 18.2 Å². The van der Waals surface area contributed by atoms with Gasteiger partial charge in [-0.1, -0.05) is 23.7 Å². The van der Waals surface area contributed by atoms with Gasteiger partial charge in [0.2, 0.25) is 5.65 Å². The molecule has 0 unspecified atom stereocenters. The predicted octanol–water partition coefficient (Wildman–Crippen LogP) is 4.76. The van der Waals surface area contributed by atoms with Crippen molar-refractivity contribution in [1.29, 1.82) is 0 Å². The number of nitrogens with one attached hydrogen (secondary N) is 2. The molecule has 178 valence electrons. The minimum Gasteiger partial charge on any atom is -0.406 e. The number of amides is 1. The summed E-state index contributed by atoms with van der Waals surface area (Å²) in [5, 5.41) is 14.6. The highest BCUT2D eigenvalue weighted by Gasteiger charge is 2.31. The van der Waals surface area contributed by atoms with Crippen molar-refractivity contribution < 1.29 is 22.7 Å². The molecule has 2 aromatic heterocycles. The molecule has 0 bridgehead atoms. The van der Waals surface area contributed by atoms with E-state index < -0.39 is 6.36 Å². The van der Waals surface area contributed by atoms with Crippen LogP contribution in [0.15, 0.2) is 42.5 Å². The van der Waals surface area contributed by atoms with E-state index in [9.17, 15) is 18.0 Å². The van der Waals surface area contributed by atoms with Gasteiger partial charge in [0.1, 0.15) is 11.6 Å². The summed E-state index contributed by atoms with van der Waals surface area (Å²) in [6.45, 7) is 2.71. The van der Waals surface area contributed by atoms with Crippen LogP contribution in [0.25, 0.3) is 16.7 Å². The van der Waals surface area contributed by atoms with Gasteiger partial charge in [-0.05, 0) is 44.0 Å². The molecule has 4 rings (SSSR count). The number of halogens is 4. The first-order chi connectivity index (χ1) is 16.2. The topological polar surface area (TPSA) is 93.4 Å². The third-order valence-corrected chi connectivity index (χ3v) is 5.32. The summed E-state index contributed by atoms with van der Waals surface area (Å²) in [7, 11) is 0. The Balaban J connectivity index is 1.40. The van der Waals surface area contributed by atoms with Crippen molar-refractivity contribution in [2.45, 2.75) is 26.1 Å². The average molecular weight is 493 g/mol. The fraction of sp³-hybridized carbons (Fsp3) is 0.273. The van der Waals surface area contributed by atoms with Crippen molar-refractivity contribution in [3.8, 4) is 5.75 Å². The van der Waals surface area contributed by atoms with Crippen LogP contribution in [0.5, 0.6) is 5.75 Å². The molecule has 0 radical (unpaired) electrons. The van der Waals surface area contributed by atoms with Crippen LogP contribution in [0, 0.1) is 6.92 Å². The quantitative estimate of drug-likeness (QED) is 0.344. The van der Waals surface area contributed by atoms with Crippen molar-refractivity contribution in [3.63, 3.8) is 0 Å². The van der Waals surface area contributed by atoms with Gasteiger partial charge in [-0.15, -0.1) is 23.4 Å². The van der Waals surface area contributed by atoms with Gasteiger partial charge in [0.05, 0.1) is 21.6 Å². The molecule has 2 N–H and O–H groups in total. The molecule has 0 aliphatic heterocycles. The van der Waals surface area contributed by atoms with Gasteiger partial charge in [0, 0.05) is 19.2 Å². The summed E-state index contributed by atoms with van der Waals surface area (Å²) in [4.78, 5) is 16.7. The van der Waals surface area contributed by atoms with E-state index in [1.54, 1.807) is 35.6 Å². The van der Waals surface area contributed by atoms with Crippen molar-refractivity contribution in [1.82, 2.24) is 24.9 Å². The van der Waals surface area contributed by atoms with Crippen molar-refractivity contribution in [2.75, 3.05) is 18.4 Å². The smallest absolute Gasteiger partial charge is 0.406 e. The standard InChI is InChI=1S/C22H20ClF3N6O2/c1-13-30-31-20-19(27-10-4-5-11-28-21(33)15-6-2-3-7-16(15)23)29-17-9-8-14(34-22(24,25)26)12-18(17)32(13)20/h2-3,6-9,12H,4-5,10-11H2,1H3,(H,27,29)(H,28,33). The predicted molar refractivity (Wildman–Crippen MR) is 121 cm³/mol. The molecule has 0 aliphatic rings. The van der Waals surface area contributed by atoms with E-state index in [-0.39, 0.29) is 11.7 Å². The Morgan fingerprint density at radius 1 is 1.12 bits per heavy atom. The molecular weight excluding hydrogens is 473 g/mol. The molecule has 2 aromatic carbocycles. The summed E-state index contributed by atoms with van der Waals surface area (Å²) < 4.78 is 43.5. The summed E-state index contributed by atoms with van der Waals surface area (Å²) in [6.07, 6.45) is -3.37. The van der Waals surface area contributed by atoms with E-state index in [4.69, 9.17) is 11.6 Å². The van der Waals surface area contributed by atoms with Crippen LogP contribution in [0.2, 0.25) is 5.02 Å². The number of alkyl halides is 3. The maximum Gasteiger partial charge on any atom is 0.573 e. The van der Waals surface area contributed by atoms with Crippen LogP contribution in [0.3, 0.4) is 0 Å². The number of hydrogen-bond donors (Lipinski definition) is 2. The van der Waals surface area contributed by atoms with Crippen LogP contribution in [0.1, 0.15) is 29.0 Å². The third-order valence-electron chi connectivity index (χ3n) is 4.99. The van der Waals surface area contributed by atoms with E-state index >= 15 is 0 Å². The van der Waals surface area contributed by atoms with Crippen LogP contribution in [-0.2, 0) is 0 Å². The minimum absolute atomic E-state index is 0.232.